The van der Waals surface area contributed by atoms with Gasteiger partial charge in [0.15, 0.2) is 0 Å². The molecule has 1 N–H and O–H groups in total. The van der Waals surface area contributed by atoms with E-state index in [4.69, 9.17) is 21.3 Å². The SMILES string of the molecule is CCCCC1c2nc(-c3ccc(Cl)cc3)[nH]c(=O)c2CCCN1C(=O)CCCOC. The van der Waals surface area contributed by atoms with Crippen molar-refractivity contribution in [1.29, 1.82) is 0 Å². The number of aromatic nitrogens is 2. The summed E-state index contributed by atoms with van der Waals surface area (Å²) in [4.78, 5) is 35.7. The Balaban J connectivity index is 2.01. The quantitative estimate of drug-likeness (QED) is 0.623. The molecule has 6 nitrogen and oxygen atoms in total. The number of rotatable bonds is 8. The van der Waals surface area contributed by atoms with Crippen LogP contribution in [0.5, 0.6) is 0 Å². The highest BCUT2D eigenvalue weighted by atomic mass is 35.5. The van der Waals surface area contributed by atoms with E-state index in [9.17, 15) is 9.59 Å². The summed E-state index contributed by atoms with van der Waals surface area (Å²) < 4.78 is 5.10. The van der Waals surface area contributed by atoms with Crippen LogP contribution in [-0.2, 0) is 16.0 Å². The minimum absolute atomic E-state index is 0.108. The number of benzene rings is 1. The minimum Gasteiger partial charge on any atom is -0.385 e. The summed E-state index contributed by atoms with van der Waals surface area (Å²) in [6.45, 7) is 3.34. The fraction of sp³-hybridized carbons (Fsp3) is 0.522. The summed E-state index contributed by atoms with van der Waals surface area (Å²) in [5.74, 6) is 0.627. The van der Waals surface area contributed by atoms with Crippen molar-refractivity contribution in [3.63, 3.8) is 0 Å². The van der Waals surface area contributed by atoms with Gasteiger partial charge in [-0.15, -0.1) is 0 Å². The molecule has 0 spiro atoms. The minimum atomic E-state index is -0.175. The molecule has 0 saturated heterocycles. The van der Waals surface area contributed by atoms with Crippen molar-refractivity contribution < 1.29 is 9.53 Å². The molecule has 2 heterocycles. The molecule has 1 aromatic carbocycles. The molecular weight excluding hydrogens is 402 g/mol. The average molecular weight is 432 g/mol. The van der Waals surface area contributed by atoms with Gasteiger partial charge in [0.2, 0.25) is 5.91 Å². The van der Waals surface area contributed by atoms with E-state index in [1.54, 1.807) is 19.2 Å². The summed E-state index contributed by atoms with van der Waals surface area (Å²) in [6, 6.07) is 7.08. The lowest BCUT2D eigenvalue weighted by atomic mass is 10.00. The Labute approximate surface area is 182 Å². The van der Waals surface area contributed by atoms with E-state index in [-0.39, 0.29) is 17.5 Å². The Kier molecular flexibility index (Phi) is 8.05. The maximum Gasteiger partial charge on any atom is 0.254 e. The Morgan fingerprint density at radius 1 is 1.30 bits per heavy atom. The first kappa shape index (κ1) is 22.5. The van der Waals surface area contributed by atoms with Gasteiger partial charge in [0.1, 0.15) is 5.82 Å². The zero-order chi connectivity index (χ0) is 21.5. The summed E-state index contributed by atoms with van der Waals surface area (Å²) in [6.07, 6.45) is 5.31. The van der Waals surface area contributed by atoms with Crippen LogP contribution in [0.1, 0.15) is 62.7 Å². The molecule has 1 amide bonds. The predicted molar refractivity (Wildman–Crippen MR) is 119 cm³/mol. The molecule has 30 heavy (non-hydrogen) atoms. The number of carbonyl (C=O) groups is 1. The third-order valence-electron chi connectivity index (χ3n) is 5.57. The number of methoxy groups -OCH3 is 1. The highest BCUT2D eigenvalue weighted by Gasteiger charge is 2.31. The lowest BCUT2D eigenvalue weighted by molar-refractivity contribution is -0.134. The molecule has 3 rings (SSSR count). The summed E-state index contributed by atoms with van der Waals surface area (Å²) in [7, 11) is 1.64. The van der Waals surface area contributed by atoms with Gasteiger partial charge in [-0.3, -0.25) is 9.59 Å². The van der Waals surface area contributed by atoms with E-state index in [0.717, 1.165) is 36.9 Å². The van der Waals surface area contributed by atoms with Gasteiger partial charge in [0, 0.05) is 42.8 Å². The fourth-order valence-corrected chi connectivity index (χ4v) is 4.13. The molecule has 1 aliphatic heterocycles. The molecule has 1 aromatic heterocycles. The molecular formula is C23H30ClN3O3. The van der Waals surface area contributed by atoms with Crippen molar-refractivity contribution >= 4 is 17.5 Å². The first-order valence-corrected chi connectivity index (χ1v) is 11.1. The molecule has 7 heteroatoms. The maximum absolute atomic E-state index is 13.0. The second-order valence-corrected chi connectivity index (χ2v) is 8.17. The number of hydrogen-bond acceptors (Lipinski definition) is 4. The van der Waals surface area contributed by atoms with Crippen LogP contribution >= 0.6 is 11.6 Å². The standard InChI is InChI=1S/C23H30ClN3O3/c1-3-4-8-19-21-18(7-5-14-27(19)20(28)9-6-15-30-2)23(29)26-22(25-21)16-10-12-17(24)13-11-16/h10-13,19H,3-9,14-15H2,1-2H3,(H,25,26,29). The largest absolute Gasteiger partial charge is 0.385 e. The summed E-state index contributed by atoms with van der Waals surface area (Å²) in [5.41, 5.74) is 2.15. The number of carbonyl (C=O) groups excluding carboxylic acids is 1. The van der Waals surface area contributed by atoms with Crippen LogP contribution in [0, 0.1) is 0 Å². The number of unbranched alkanes of at least 4 members (excludes halogenated alkanes) is 1. The number of nitrogens with one attached hydrogen (secondary N) is 1. The van der Waals surface area contributed by atoms with Crippen molar-refractivity contribution in [3.05, 3.63) is 50.9 Å². The normalized spacial score (nSPS) is 16.2. The van der Waals surface area contributed by atoms with E-state index >= 15 is 0 Å². The lowest BCUT2D eigenvalue weighted by Crippen LogP contribution is -2.36. The van der Waals surface area contributed by atoms with Gasteiger partial charge in [0.25, 0.3) is 5.56 Å². The highest BCUT2D eigenvalue weighted by Crippen LogP contribution is 2.32. The molecule has 0 aliphatic carbocycles. The fourth-order valence-electron chi connectivity index (χ4n) is 4.01. The average Bonchev–Trinajstić information content (AvgIpc) is 2.92. The van der Waals surface area contributed by atoms with Crippen LogP contribution in [0.4, 0.5) is 0 Å². The van der Waals surface area contributed by atoms with Crippen LogP contribution in [0.3, 0.4) is 0 Å². The van der Waals surface area contributed by atoms with Crippen LogP contribution in [0.2, 0.25) is 5.02 Å². The third kappa shape index (κ3) is 5.29. The molecule has 1 aliphatic rings. The van der Waals surface area contributed by atoms with E-state index in [2.05, 4.69) is 11.9 Å². The number of ether oxygens (including phenoxy) is 1. The van der Waals surface area contributed by atoms with Gasteiger partial charge < -0.3 is 14.6 Å². The molecule has 1 unspecified atom stereocenters. The van der Waals surface area contributed by atoms with Crippen LogP contribution < -0.4 is 5.56 Å². The van der Waals surface area contributed by atoms with E-state index < -0.39 is 0 Å². The molecule has 162 valence electrons. The first-order chi connectivity index (χ1) is 14.5. The lowest BCUT2D eigenvalue weighted by Gasteiger charge is -2.31. The van der Waals surface area contributed by atoms with Gasteiger partial charge in [-0.25, -0.2) is 4.98 Å². The first-order valence-electron chi connectivity index (χ1n) is 10.7. The van der Waals surface area contributed by atoms with Crippen LogP contribution in [-0.4, -0.2) is 41.0 Å². The second-order valence-electron chi connectivity index (χ2n) is 7.73. The highest BCUT2D eigenvalue weighted by molar-refractivity contribution is 6.30. The smallest absolute Gasteiger partial charge is 0.254 e. The predicted octanol–water partition coefficient (Wildman–Crippen LogP) is 4.52. The molecule has 0 radical (unpaired) electrons. The Bertz CT molecular complexity index is 911. The molecule has 0 fully saturated rings. The Morgan fingerprint density at radius 3 is 2.77 bits per heavy atom. The number of aromatic amines is 1. The topological polar surface area (TPSA) is 75.3 Å². The van der Waals surface area contributed by atoms with Crippen molar-refractivity contribution in [1.82, 2.24) is 14.9 Å². The molecule has 2 aromatic rings. The van der Waals surface area contributed by atoms with Gasteiger partial charge in [-0.05, 0) is 49.9 Å². The van der Waals surface area contributed by atoms with Crippen LogP contribution in [0.25, 0.3) is 11.4 Å². The van der Waals surface area contributed by atoms with Crippen molar-refractivity contribution in [2.24, 2.45) is 0 Å². The second kappa shape index (κ2) is 10.7. The summed E-state index contributed by atoms with van der Waals surface area (Å²) in [5, 5.41) is 0.629. The maximum atomic E-state index is 13.0. The van der Waals surface area contributed by atoms with Gasteiger partial charge >= 0.3 is 0 Å². The number of nitrogens with zero attached hydrogens (tertiary/aromatic N) is 2. The monoisotopic (exact) mass is 431 g/mol. The number of halogens is 1. The van der Waals surface area contributed by atoms with Crippen molar-refractivity contribution in [2.75, 3.05) is 20.3 Å². The van der Waals surface area contributed by atoms with Crippen LogP contribution in [0.15, 0.2) is 29.1 Å². The molecule has 1 atom stereocenters. The van der Waals surface area contributed by atoms with E-state index in [1.807, 2.05) is 17.0 Å². The van der Waals surface area contributed by atoms with Crippen molar-refractivity contribution in [2.45, 2.75) is 57.9 Å². The van der Waals surface area contributed by atoms with Crippen molar-refractivity contribution in [3.8, 4) is 11.4 Å². The Hall–Kier alpha value is -2.18. The van der Waals surface area contributed by atoms with Gasteiger partial charge in [-0.2, -0.15) is 0 Å². The summed E-state index contributed by atoms with van der Waals surface area (Å²) >= 11 is 6.01. The third-order valence-corrected chi connectivity index (χ3v) is 5.83. The van der Waals surface area contributed by atoms with E-state index in [1.165, 1.54) is 0 Å². The van der Waals surface area contributed by atoms with Gasteiger partial charge in [0.05, 0.1) is 11.7 Å². The molecule has 0 saturated carbocycles. The zero-order valence-electron chi connectivity index (χ0n) is 17.7. The number of hydrogen-bond donors (Lipinski definition) is 1. The Morgan fingerprint density at radius 2 is 2.07 bits per heavy atom. The van der Waals surface area contributed by atoms with Gasteiger partial charge in [-0.1, -0.05) is 31.4 Å². The number of H-pyrrole nitrogens is 1. The molecule has 0 bridgehead atoms. The zero-order valence-corrected chi connectivity index (χ0v) is 18.5. The number of fused-ring (bicyclic) bond motifs is 1. The van der Waals surface area contributed by atoms with E-state index in [0.29, 0.717) is 48.8 Å². The number of amides is 1.